The molecule has 2 rings (SSSR count). The van der Waals surface area contributed by atoms with Crippen molar-refractivity contribution in [3.8, 4) is 0 Å². The molecule has 0 spiro atoms. The van der Waals surface area contributed by atoms with Crippen LogP contribution in [-0.4, -0.2) is 16.5 Å². The van der Waals surface area contributed by atoms with Crippen molar-refractivity contribution in [1.29, 1.82) is 0 Å². The molecule has 0 bridgehead atoms. The number of rotatable bonds is 5. The monoisotopic (exact) mass is 301 g/mol. The zero-order chi connectivity index (χ0) is 15.4. The van der Waals surface area contributed by atoms with Gasteiger partial charge in [0.25, 0.3) is 0 Å². The topological polar surface area (TPSA) is 37.8 Å². The second-order valence-electron chi connectivity index (χ2n) is 5.48. The van der Waals surface area contributed by atoms with Crippen molar-refractivity contribution in [3.63, 3.8) is 0 Å². The quantitative estimate of drug-likeness (QED) is 0.805. The first-order valence-electron chi connectivity index (χ1n) is 7.37. The molecular weight excluding hydrogens is 278 g/mol. The van der Waals surface area contributed by atoms with Crippen molar-refractivity contribution in [1.82, 2.24) is 9.97 Å². The molecule has 0 amide bonds. The Labute approximate surface area is 131 Å². The van der Waals surface area contributed by atoms with Gasteiger partial charge in [0.2, 0.25) is 0 Å². The van der Waals surface area contributed by atoms with Crippen molar-refractivity contribution >= 4 is 17.6 Å². The minimum atomic E-state index is 0.322. The van der Waals surface area contributed by atoms with E-state index in [0.717, 1.165) is 23.2 Å². The second-order valence-corrected chi connectivity index (χ2v) is 6.58. The molecular formula is C17H23N3S. The normalized spacial score (nSPS) is 11.0. The molecule has 0 aliphatic carbocycles. The fourth-order valence-corrected chi connectivity index (χ4v) is 2.85. The minimum Gasteiger partial charge on any atom is -0.370 e. The molecule has 0 saturated heterocycles. The lowest BCUT2D eigenvalue weighted by Crippen LogP contribution is -2.05. The van der Waals surface area contributed by atoms with E-state index in [4.69, 9.17) is 0 Å². The highest BCUT2D eigenvalue weighted by Gasteiger charge is 2.09. The maximum atomic E-state index is 4.67. The van der Waals surface area contributed by atoms with Crippen LogP contribution in [0.2, 0.25) is 0 Å². The van der Waals surface area contributed by atoms with Gasteiger partial charge in [-0.3, -0.25) is 0 Å². The molecule has 21 heavy (non-hydrogen) atoms. The molecule has 3 nitrogen and oxygen atoms in total. The zero-order valence-corrected chi connectivity index (χ0v) is 14.2. The van der Waals surface area contributed by atoms with Gasteiger partial charge in [0.05, 0.1) is 0 Å². The molecule has 0 aliphatic rings. The van der Waals surface area contributed by atoms with Crippen LogP contribution in [-0.2, 0) is 0 Å². The van der Waals surface area contributed by atoms with Crippen LogP contribution in [0.1, 0.15) is 43.6 Å². The Morgan fingerprint density at radius 1 is 1.10 bits per heavy atom. The molecule has 1 N–H and O–H groups in total. The van der Waals surface area contributed by atoms with Gasteiger partial charge in [0, 0.05) is 23.4 Å². The predicted molar refractivity (Wildman–Crippen MR) is 90.3 cm³/mol. The maximum Gasteiger partial charge on any atom is 0.134 e. The smallest absolute Gasteiger partial charge is 0.134 e. The molecule has 0 fully saturated rings. The zero-order valence-electron chi connectivity index (χ0n) is 13.4. The number of aryl methyl sites for hydroxylation is 2. The molecule has 0 aliphatic heterocycles. The Kier molecular flexibility index (Phi) is 5.23. The van der Waals surface area contributed by atoms with Gasteiger partial charge >= 0.3 is 0 Å². The fraction of sp³-hybridized carbons (Fsp3) is 0.412. The van der Waals surface area contributed by atoms with Gasteiger partial charge in [-0.2, -0.15) is 0 Å². The first-order valence-corrected chi connectivity index (χ1v) is 8.19. The maximum absolute atomic E-state index is 4.67. The summed E-state index contributed by atoms with van der Waals surface area (Å²) in [5.74, 6) is 2.12. The molecule has 0 atom stereocenters. The Morgan fingerprint density at radius 3 is 2.48 bits per heavy atom. The molecule has 1 aromatic carbocycles. The average molecular weight is 301 g/mol. The van der Waals surface area contributed by atoms with E-state index in [1.54, 1.807) is 11.8 Å². The third kappa shape index (κ3) is 4.21. The van der Waals surface area contributed by atoms with Crippen molar-refractivity contribution in [2.75, 3.05) is 11.9 Å². The van der Waals surface area contributed by atoms with Crippen LogP contribution >= 0.6 is 11.8 Å². The fourth-order valence-electron chi connectivity index (χ4n) is 1.92. The third-order valence-corrected chi connectivity index (χ3v) is 4.20. The molecule has 1 aromatic heterocycles. The first kappa shape index (κ1) is 15.8. The largest absolute Gasteiger partial charge is 0.370 e. The summed E-state index contributed by atoms with van der Waals surface area (Å²) < 4.78 is 0. The summed E-state index contributed by atoms with van der Waals surface area (Å²) >= 11 is 1.69. The van der Waals surface area contributed by atoms with Gasteiger partial charge in [0.15, 0.2) is 0 Å². The average Bonchev–Trinajstić information content (AvgIpc) is 2.43. The lowest BCUT2D eigenvalue weighted by atomic mass is 10.1. The molecule has 0 radical (unpaired) electrons. The van der Waals surface area contributed by atoms with Crippen molar-refractivity contribution < 1.29 is 0 Å². The van der Waals surface area contributed by atoms with Crippen LogP contribution < -0.4 is 5.32 Å². The number of nitrogens with one attached hydrogen (secondary N) is 1. The Morgan fingerprint density at radius 2 is 1.86 bits per heavy atom. The van der Waals surface area contributed by atoms with E-state index in [2.05, 4.69) is 68.1 Å². The van der Waals surface area contributed by atoms with Crippen LogP contribution in [0.4, 0.5) is 5.82 Å². The van der Waals surface area contributed by atoms with Crippen LogP contribution in [0.5, 0.6) is 0 Å². The lowest BCUT2D eigenvalue weighted by molar-refractivity contribution is 0.754. The van der Waals surface area contributed by atoms with Crippen LogP contribution in [0, 0.1) is 13.8 Å². The van der Waals surface area contributed by atoms with E-state index in [1.165, 1.54) is 16.0 Å². The van der Waals surface area contributed by atoms with Crippen LogP contribution in [0.15, 0.2) is 34.2 Å². The molecule has 112 valence electrons. The van der Waals surface area contributed by atoms with Crippen molar-refractivity contribution in [2.45, 2.75) is 50.5 Å². The number of aromatic nitrogens is 2. The third-order valence-electron chi connectivity index (χ3n) is 3.30. The second kappa shape index (κ2) is 6.94. The summed E-state index contributed by atoms with van der Waals surface area (Å²) in [4.78, 5) is 10.5. The van der Waals surface area contributed by atoms with Gasteiger partial charge in [-0.15, -0.1) is 0 Å². The van der Waals surface area contributed by atoms with E-state index < -0.39 is 0 Å². The predicted octanol–water partition coefficient (Wildman–Crippen LogP) is 4.80. The van der Waals surface area contributed by atoms with Crippen molar-refractivity contribution in [2.24, 2.45) is 0 Å². The number of hydrogen-bond acceptors (Lipinski definition) is 4. The minimum absolute atomic E-state index is 0.322. The van der Waals surface area contributed by atoms with E-state index in [0.29, 0.717) is 5.92 Å². The summed E-state index contributed by atoms with van der Waals surface area (Å²) in [6.45, 7) is 11.5. The highest BCUT2D eigenvalue weighted by molar-refractivity contribution is 7.99. The number of anilines is 1. The van der Waals surface area contributed by atoms with Crippen LogP contribution in [0.25, 0.3) is 0 Å². The molecule has 2 aromatic rings. The highest BCUT2D eigenvalue weighted by atomic mass is 32.2. The Bertz CT molecular complexity index is 623. The van der Waals surface area contributed by atoms with Gasteiger partial charge in [-0.1, -0.05) is 31.7 Å². The Hall–Kier alpha value is -1.55. The number of hydrogen-bond donors (Lipinski definition) is 1. The van der Waals surface area contributed by atoms with Crippen LogP contribution in [0.3, 0.4) is 0 Å². The van der Waals surface area contributed by atoms with E-state index >= 15 is 0 Å². The summed E-state index contributed by atoms with van der Waals surface area (Å²) in [5.41, 5.74) is 2.63. The Balaban J connectivity index is 2.31. The summed E-state index contributed by atoms with van der Waals surface area (Å²) in [5, 5.41) is 4.28. The highest BCUT2D eigenvalue weighted by Crippen LogP contribution is 2.29. The van der Waals surface area contributed by atoms with Gasteiger partial charge in [-0.25, -0.2) is 9.97 Å². The van der Waals surface area contributed by atoms with E-state index in [-0.39, 0.29) is 0 Å². The molecule has 1 heterocycles. The van der Waals surface area contributed by atoms with Gasteiger partial charge in [0.1, 0.15) is 16.7 Å². The van der Waals surface area contributed by atoms with Gasteiger partial charge < -0.3 is 5.32 Å². The number of nitrogens with zero attached hydrogens (tertiary/aromatic N) is 2. The lowest BCUT2D eigenvalue weighted by Gasteiger charge is -2.11. The summed E-state index contributed by atoms with van der Waals surface area (Å²) in [6, 6.07) is 8.55. The molecule has 4 heteroatoms. The van der Waals surface area contributed by atoms with E-state index in [9.17, 15) is 0 Å². The standard InChI is InChI=1S/C17H23N3S/c1-6-18-15-10-16(20-17(19-15)11(2)3)21-14-8-7-12(4)13(5)9-14/h7-11H,6H2,1-5H3,(H,18,19,20). The molecule has 0 saturated carbocycles. The molecule has 0 unspecified atom stereocenters. The van der Waals surface area contributed by atoms with E-state index in [1.807, 2.05) is 6.07 Å². The summed E-state index contributed by atoms with van der Waals surface area (Å²) in [6.07, 6.45) is 0. The van der Waals surface area contributed by atoms with Gasteiger partial charge in [-0.05, 0) is 44.0 Å². The summed E-state index contributed by atoms with van der Waals surface area (Å²) in [7, 11) is 0. The SMILES string of the molecule is CCNc1cc(Sc2ccc(C)c(C)c2)nc(C(C)C)n1. The first-order chi connectivity index (χ1) is 9.99. The van der Waals surface area contributed by atoms with Crippen molar-refractivity contribution in [3.05, 3.63) is 41.2 Å². The number of benzene rings is 1.